The quantitative estimate of drug-likeness (QED) is 0.773. The normalized spacial score (nSPS) is 12.9. The highest BCUT2D eigenvalue weighted by atomic mass is 79.9. The maximum absolute atomic E-state index is 3.70. The zero-order chi connectivity index (χ0) is 14.3. The van der Waals surface area contributed by atoms with Crippen molar-refractivity contribution < 1.29 is 0 Å². The Bertz CT molecular complexity index is 384. The molecule has 2 nitrogen and oxygen atoms in total. The highest BCUT2D eigenvalue weighted by Gasteiger charge is 2.13. The summed E-state index contributed by atoms with van der Waals surface area (Å²) in [6.45, 7) is 4.18. The largest absolute Gasteiger partial charge is 0.316 e. The summed E-state index contributed by atoms with van der Waals surface area (Å²) in [5, 5.41) is 3.18. The van der Waals surface area contributed by atoms with Crippen LogP contribution >= 0.6 is 27.7 Å². The molecule has 1 unspecified atom stereocenters. The van der Waals surface area contributed by atoms with Crippen molar-refractivity contribution in [1.82, 2.24) is 10.2 Å². The van der Waals surface area contributed by atoms with E-state index in [9.17, 15) is 0 Å². The molecule has 1 atom stereocenters. The Morgan fingerprint density at radius 1 is 1.42 bits per heavy atom. The van der Waals surface area contributed by atoms with Crippen LogP contribution in [0, 0.1) is 0 Å². The molecular formula is C15H25BrN2S. The molecule has 1 rings (SSSR count). The van der Waals surface area contributed by atoms with E-state index in [1.165, 1.54) is 27.8 Å². The van der Waals surface area contributed by atoms with Crippen LogP contribution in [0.15, 0.2) is 22.7 Å². The molecule has 0 aromatic heterocycles. The molecule has 1 N–H and O–H groups in total. The molecular weight excluding hydrogens is 320 g/mol. The minimum absolute atomic E-state index is 0.652. The van der Waals surface area contributed by atoms with Crippen LogP contribution < -0.4 is 5.32 Å². The fourth-order valence-electron chi connectivity index (χ4n) is 2.18. The summed E-state index contributed by atoms with van der Waals surface area (Å²) >= 11 is 5.62. The Morgan fingerprint density at radius 2 is 2.16 bits per heavy atom. The van der Waals surface area contributed by atoms with Crippen LogP contribution in [0.5, 0.6) is 0 Å². The van der Waals surface area contributed by atoms with Gasteiger partial charge >= 0.3 is 0 Å². The minimum atomic E-state index is 0.652. The molecule has 0 saturated carbocycles. The molecule has 108 valence electrons. The number of thioether (sulfide) groups is 1. The maximum Gasteiger partial charge on any atom is 0.0245 e. The van der Waals surface area contributed by atoms with Gasteiger partial charge in [0, 0.05) is 29.4 Å². The van der Waals surface area contributed by atoms with Gasteiger partial charge in [-0.15, -0.1) is 0 Å². The lowest BCUT2D eigenvalue weighted by Crippen LogP contribution is -2.32. The first-order valence-electron chi connectivity index (χ1n) is 6.73. The fraction of sp³-hybridized carbons (Fsp3) is 0.600. The van der Waals surface area contributed by atoms with Crippen LogP contribution in [0.1, 0.15) is 24.5 Å². The van der Waals surface area contributed by atoms with Gasteiger partial charge in [0.1, 0.15) is 0 Å². The summed E-state index contributed by atoms with van der Waals surface area (Å²) in [6.07, 6.45) is 3.38. The molecule has 19 heavy (non-hydrogen) atoms. The van der Waals surface area contributed by atoms with E-state index in [1.807, 2.05) is 18.8 Å². The van der Waals surface area contributed by atoms with Gasteiger partial charge in [0.25, 0.3) is 0 Å². The van der Waals surface area contributed by atoms with Gasteiger partial charge < -0.3 is 5.32 Å². The first kappa shape index (κ1) is 17.0. The molecule has 0 aliphatic carbocycles. The van der Waals surface area contributed by atoms with Crippen LogP contribution in [0.2, 0.25) is 0 Å². The zero-order valence-electron chi connectivity index (χ0n) is 12.4. The lowest BCUT2D eigenvalue weighted by atomic mass is 10.1. The highest BCUT2D eigenvalue weighted by molar-refractivity contribution is 9.10. The molecule has 1 aromatic carbocycles. The second kappa shape index (κ2) is 9.01. The Labute approximate surface area is 130 Å². The van der Waals surface area contributed by atoms with E-state index in [1.54, 1.807) is 0 Å². The van der Waals surface area contributed by atoms with Crippen molar-refractivity contribution in [3.63, 3.8) is 0 Å². The standard InChI is InChI=1S/C15H25BrN2S/c1-5-14(11-19-4)18(3)10-13-7-6-12(9-17-2)8-15(13)16/h6-8,14,17H,5,9-11H2,1-4H3. The monoisotopic (exact) mass is 344 g/mol. The number of benzene rings is 1. The topological polar surface area (TPSA) is 15.3 Å². The van der Waals surface area contributed by atoms with Gasteiger partial charge in [-0.2, -0.15) is 11.8 Å². The average Bonchev–Trinajstić information content (AvgIpc) is 2.39. The second-order valence-electron chi connectivity index (χ2n) is 4.89. The SMILES string of the molecule is CCC(CSC)N(C)Cc1ccc(CNC)cc1Br. The summed E-state index contributed by atoms with van der Waals surface area (Å²) < 4.78 is 1.21. The number of hydrogen-bond donors (Lipinski definition) is 1. The molecule has 0 radical (unpaired) electrons. The van der Waals surface area contributed by atoms with Crippen molar-refractivity contribution >= 4 is 27.7 Å². The van der Waals surface area contributed by atoms with Crippen LogP contribution in [0.4, 0.5) is 0 Å². The number of hydrogen-bond acceptors (Lipinski definition) is 3. The Balaban J connectivity index is 2.70. The van der Waals surface area contributed by atoms with Gasteiger partial charge in [-0.05, 0) is 44.0 Å². The van der Waals surface area contributed by atoms with Gasteiger partial charge in [0.05, 0.1) is 0 Å². The first-order chi connectivity index (χ1) is 9.12. The molecule has 0 saturated heterocycles. The van der Waals surface area contributed by atoms with Crippen LogP contribution in [-0.2, 0) is 13.1 Å². The van der Waals surface area contributed by atoms with Crippen LogP contribution in [-0.4, -0.2) is 37.0 Å². The lowest BCUT2D eigenvalue weighted by molar-refractivity contribution is 0.247. The summed E-state index contributed by atoms with van der Waals surface area (Å²) in [5.41, 5.74) is 2.68. The molecule has 1 aromatic rings. The number of halogens is 1. The summed E-state index contributed by atoms with van der Waals surface area (Å²) in [7, 11) is 4.20. The summed E-state index contributed by atoms with van der Waals surface area (Å²) in [4.78, 5) is 2.45. The van der Waals surface area contributed by atoms with E-state index in [4.69, 9.17) is 0 Å². The van der Waals surface area contributed by atoms with Crippen molar-refractivity contribution in [2.24, 2.45) is 0 Å². The Kier molecular flexibility index (Phi) is 8.07. The number of nitrogens with zero attached hydrogens (tertiary/aromatic N) is 1. The molecule has 0 bridgehead atoms. The van der Waals surface area contributed by atoms with Gasteiger partial charge in [0.15, 0.2) is 0 Å². The molecule has 0 aliphatic heterocycles. The van der Waals surface area contributed by atoms with E-state index in [2.05, 4.69) is 64.6 Å². The van der Waals surface area contributed by atoms with Crippen LogP contribution in [0.3, 0.4) is 0 Å². The lowest BCUT2D eigenvalue weighted by Gasteiger charge is -2.27. The molecule has 0 heterocycles. The Hall–Kier alpha value is -0.0300. The van der Waals surface area contributed by atoms with E-state index in [0.717, 1.165) is 13.1 Å². The first-order valence-corrected chi connectivity index (χ1v) is 8.92. The molecule has 0 spiro atoms. The smallest absolute Gasteiger partial charge is 0.0245 e. The summed E-state index contributed by atoms with van der Waals surface area (Å²) in [5.74, 6) is 1.20. The van der Waals surface area contributed by atoms with Crippen LogP contribution in [0.25, 0.3) is 0 Å². The molecule has 0 fully saturated rings. The molecule has 0 aliphatic rings. The average molecular weight is 345 g/mol. The minimum Gasteiger partial charge on any atom is -0.316 e. The van der Waals surface area contributed by atoms with Gasteiger partial charge in [-0.25, -0.2) is 0 Å². The van der Waals surface area contributed by atoms with Crippen molar-refractivity contribution in [1.29, 1.82) is 0 Å². The third-order valence-electron chi connectivity index (χ3n) is 3.37. The van der Waals surface area contributed by atoms with E-state index < -0.39 is 0 Å². The van der Waals surface area contributed by atoms with Crippen molar-refractivity contribution in [2.45, 2.75) is 32.5 Å². The van der Waals surface area contributed by atoms with Gasteiger partial charge in [-0.3, -0.25) is 4.90 Å². The van der Waals surface area contributed by atoms with E-state index >= 15 is 0 Å². The van der Waals surface area contributed by atoms with E-state index in [-0.39, 0.29) is 0 Å². The maximum atomic E-state index is 3.70. The number of nitrogens with one attached hydrogen (secondary N) is 1. The second-order valence-corrected chi connectivity index (χ2v) is 6.65. The third-order valence-corrected chi connectivity index (χ3v) is 4.83. The molecule has 4 heteroatoms. The van der Waals surface area contributed by atoms with Crippen molar-refractivity contribution in [3.8, 4) is 0 Å². The van der Waals surface area contributed by atoms with Gasteiger partial charge in [-0.1, -0.05) is 35.0 Å². The van der Waals surface area contributed by atoms with Gasteiger partial charge in [0.2, 0.25) is 0 Å². The Morgan fingerprint density at radius 3 is 2.68 bits per heavy atom. The predicted molar refractivity (Wildman–Crippen MR) is 90.8 cm³/mol. The molecule has 0 amide bonds. The predicted octanol–water partition coefficient (Wildman–Crippen LogP) is 3.74. The van der Waals surface area contributed by atoms with E-state index in [0.29, 0.717) is 6.04 Å². The highest BCUT2D eigenvalue weighted by Crippen LogP contribution is 2.21. The fourth-order valence-corrected chi connectivity index (χ4v) is 3.61. The zero-order valence-corrected chi connectivity index (χ0v) is 14.8. The third kappa shape index (κ3) is 5.46. The number of rotatable bonds is 8. The summed E-state index contributed by atoms with van der Waals surface area (Å²) in [6, 6.07) is 7.31. The van der Waals surface area contributed by atoms with Crippen molar-refractivity contribution in [2.75, 3.05) is 26.1 Å². The van der Waals surface area contributed by atoms with Crippen molar-refractivity contribution in [3.05, 3.63) is 33.8 Å².